The minimum Gasteiger partial charge on any atom is -0.489 e. The lowest BCUT2D eigenvalue weighted by Gasteiger charge is -2.29. The molecule has 0 spiro atoms. The Hall–Kier alpha value is -2.26. The molecular formula is C17H20N2O5S2. The van der Waals surface area contributed by atoms with Crippen LogP contribution < -0.4 is 13.8 Å². The second-order valence-electron chi connectivity index (χ2n) is 6.22. The van der Waals surface area contributed by atoms with Gasteiger partial charge in [0.25, 0.3) is 10.0 Å². The van der Waals surface area contributed by atoms with Gasteiger partial charge in [-0.2, -0.15) is 0 Å². The fourth-order valence-corrected chi connectivity index (χ4v) is 4.74. The molecule has 26 heavy (non-hydrogen) atoms. The highest BCUT2D eigenvalue weighted by Gasteiger charge is 2.26. The summed E-state index contributed by atoms with van der Waals surface area (Å²) in [7, 11) is -7.28. The highest BCUT2D eigenvalue weighted by molar-refractivity contribution is 7.92. The van der Waals surface area contributed by atoms with Crippen molar-refractivity contribution in [2.24, 2.45) is 0 Å². The van der Waals surface area contributed by atoms with Crippen LogP contribution in [0.3, 0.4) is 0 Å². The number of nitrogens with zero attached hydrogens (tertiary/aromatic N) is 1. The molecule has 0 unspecified atom stereocenters. The molecule has 7 nitrogen and oxygen atoms in total. The van der Waals surface area contributed by atoms with Gasteiger partial charge in [0.05, 0.1) is 29.1 Å². The quantitative estimate of drug-likeness (QED) is 0.856. The normalized spacial score (nSPS) is 14.5. The second kappa shape index (κ2) is 6.48. The monoisotopic (exact) mass is 396 g/mol. The van der Waals surface area contributed by atoms with Gasteiger partial charge >= 0.3 is 0 Å². The molecule has 1 aliphatic rings. The molecule has 1 heterocycles. The third kappa shape index (κ3) is 3.63. The topological polar surface area (TPSA) is 92.8 Å². The zero-order chi connectivity index (χ0) is 19.1. The summed E-state index contributed by atoms with van der Waals surface area (Å²) >= 11 is 0. The zero-order valence-electron chi connectivity index (χ0n) is 14.7. The van der Waals surface area contributed by atoms with E-state index in [1.165, 1.54) is 16.4 Å². The Morgan fingerprint density at radius 1 is 1.00 bits per heavy atom. The molecule has 0 amide bonds. The largest absolute Gasteiger partial charge is 0.489 e. The molecule has 3 rings (SSSR count). The first-order valence-electron chi connectivity index (χ1n) is 7.92. The Balaban J connectivity index is 1.97. The molecular weight excluding hydrogens is 376 g/mol. The molecule has 0 bridgehead atoms. The standard InChI is InChI=1S/C17H20N2O5S2/c1-12-4-6-15(10-13(12)2)26(22,23)18-14-5-7-17-16(11-14)19(8-9-24-17)25(3,20)21/h4-7,10-11,18H,8-9H2,1-3H3. The van der Waals surface area contributed by atoms with Gasteiger partial charge in [0, 0.05) is 0 Å². The molecule has 9 heteroatoms. The van der Waals surface area contributed by atoms with Crippen molar-refractivity contribution in [3.05, 3.63) is 47.5 Å². The van der Waals surface area contributed by atoms with Gasteiger partial charge in [-0.15, -0.1) is 0 Å². The number of fused-ring (bicyclic) bond motifs is 1. The predicted molar refractivity (Wildman–Crippen MR) is 101 cm³/mol. The van der Waals surface area contributed by atoms with Crippen LogP contribution in [0.15, 0.2) is 41.3 Å². The van der Waals surface area contributed by atoms with Crippen molar-refractivity contribution in [2.45, 2.75) is 18.7 Å². The fourth-order valence-electron chi connectivity index (χ4n) is 2.70. The van der Waals surface area contributed by atoms with Crippen LogP contribution in [0, 0.1) is 13.8 Å². The SMILES string of the molecule is Cc1ccc(S(=O)(=O)Nc2ccc3c(c2)N(S(C)(=O)=O)CCO3)cc1C. The van der Waals surface area contributed by atoms with Gasteiger partial charge in [0.1, 0.15) is 12.4 Å². The maximum absolute atomic E-state index is 12.6. The molecule has 0 fully saturated rings. The molecule has 0 saturated heterocycles. The van der Waals surface area contributed by atoms with E-state index in [0.29, 0.717) is 11.4 Å². The van der Waals surface area contributed by atoms with Gasteiger partial charge in [-0.3, -0.25) is 9.03 Å². The first-order chi connectivity index (χ1) is 12.1. The van der Waals surface area contributed by atoms with Gasteiger partial charge in [-0.25, -0.2) is 16.8 Å². The van der Waals surface area contributed by atoms with E-state index in [1.54, 1.807) is 24.3 Å². The molecule has 2 aromatic rings. The minimum absolute atomic E-state index is 0.148. The van der Waals surface area contributed by atoms with Crippen molar-refractivity contribution in [2.75, 3.05) is 28.4 Å². The summed E-state index contributed by atoms with van der Waals surface area (Å²) in [6, 6.07) is 9.45. The Morgan fingerprint density at radius 3 is 2.38 bits per heavy atom. The predicted octanol–water partition coefficient (Wildman–Crippen LogP) is 2.26. The van der Waals surface area contributed by atoms with Crippen LogP contribution in [0.5, 0.6) is 5.75 Å². The van der Waals surface area contributed by atoms with Crippen molar-refractivity contribution >= 4 is 31.4 Å². The number of hydrogen-bond acceptors (Lipinski definition) is 5. The van der Waals surface area contributed by atoms with Gasteiger partial charge in [0.15, 0.2) is 0 Å². The smallest absolute Gasteiger partial charge is 0.261 e. The van der Waals surface area contributed by atoms with Crippen LogP contribution in [0.1, 0.15) is 11.1 Å². The highest BCUT2D eigenvalue weighted by atomic mass is 32.2. The lowest BCUT2D eigenvalue weighted by atomic mass is 10.1. The van der Waals surface area contributed by atoms with E-state index in [9.17, 15) is 16.8 Å². The fraction of sp³-hybridized carbons (Fsp3) is 0.294. The maximum atomic E-state index is 12.6. The van der Waals surface area contributed by atoms with Crippen molar-refractivity contribution in [1.82, 2.24) is 0 Å². The maximum Gasteiger partial charge on any atom is 0.261 e. The Bertz CT molecular complexity index is 1060. The van der Waals surface area contributed by atoms with Crippen molar-refractivity contribution in [3.8, 4) is 5.75 Å². The summed E-state index contributed by atoms with van der Waals surface area (Å²) in [5.41, 5.74) is 2.45. The average Bonchev–Trinajstić information content (AvgIpc) is 2.55. The van der Waals surface area contributed by atoms with E-state index in [2.05, 4.69) is 4.72 Å². The molecule has 0 saturated carbocycles. The van der Waals surface area contributed by atoms with Crippen LogP contribution >= 0.6 is 0 Å². The number of benzene rings is 2. The second-order valence-corrected chi connectivity index (χ2v) is 9.81. The molecule has 1 aliphatic heterocycles. The van der Waals surface area contributed by atoms with E-state index in [-0.39, 0.29) is 23.7 Å². The van der Waals surface area contributed by atoms with E-state index in [0.717, 1.165) is 17.4 Å². The lowest BCUT2D eigenvalue weighted by Crippen LogP contribution is -2.37. The summed E-state index contributed by atoms with van der Waals surface area (Å²) in [5, 5.41) is 0. The van der Waals surface area contributed by atoms with Crippen LogP contribution in [0.25, 0.3) is 0 Å². The highest BCUT2D eigenvalue weighted by Crippen LogP contribution is 2.36. The Morgan fingerprint density at radius 2 is 1.73 bits per heavy atom. The molecule has 0 radical (unpaired) electrons. The number of rotatable bonds is 4. The van der Waals surface area contributed by atoms with Crippen LogP contribution in [0.2, 0.25) is 0 Å². The molecule has 0 aromatic heterocycles. The number of hydrogen-bond donors (Lipinski definition) is 1. The van der Waals surface area contributed by atoms with E-state index < -0.39 is 20.0 Å². The Labute approximate surface area is 153 Å². The van der Waals surface area contributed by atoms with Crippen LogP contribution in [-0.4, -0.2) is 36.2 Å². The average molecular weight is 396 g/mol. The number of ether oxygens (including phenoxy) is 1. The first-order valence-corrected chi connectivity index (χ1v) is 11.3. The van der Waals surface area contributed by atoms with Crippen molar-refractivity contribution in [3.63, 3.8) is 0 Å². The van der Waals surface area contributed by atoms with Crippen LogP contribution in [-0.2, 0) is 20.0 Å². The number of nitrogens with one attached hydrogen (secondary N) is 1. The van der Waals surface area contributed by atoms with E-state index in [1.807, 2.05) is 13.8 Å². The zero-order valence-corrected chi connectivity index (χ0v) is 16.3. The van der Waals surface area contributed by atoms with Crippen molar-refractivity contribution in [1.29, 1.82) is 0 Å². The summed E-state index contributed by atoms with van der Waals surface area (Å²) in [6.07, 6.45) is 1.11. The molecule has 0 aliphatic carbocycles. The van der Waals surface area contributed by atoms with Crippen molar-refractivity contribution < 1.29 is 21.6 Å². The minimum atomic E-state index is -3.79. The van der Waals surface area contributed by atoms with Gasteiger partial charge in [0.2, 0.25) is 10.0 Å². The number of sulfonamides is 2. The number of aryl methyl sites for hydroxylation is 2. The lowest BCUT2D eigenvalue weighted by molar-refractivity contribution is 0.316. The van der Waals surface area contributed by atoms with Gasteiger partial charge in [-0.05, 0) is 55.3 Å². The molecule has 2 aromatic carbocycles. The molecule has 140 valence electrons. The van der Waals surface area contributed by atoms with Gasteiger partial charge in [-0.1, -0.05) is 6.07 Å². The van der Waals surface area contributed by atoms with Crippen LogP contribution in [0.4, 0.5) is 11.4 Å². The third-order valence-corrected chi connectivity index (χ3v) is 6.78. The summed E-state index contributed by atoms with van der Waals surface area (Å²) in [4.78, 5) is 0.148. The number of anilines is 2. The third-order valence-electron chi connectivity index (χ3n) is 4.22. The Kier molecular flexibility index (Phi) is 4.61. The van der Waals surface area contributed by atoms with E-state index in [4.69, 9.17) is 4.74 Å². The summed E-state index contributed by atoms with van der Waals surface area (Å²) in [5.74, 6) is 0.399. The summed E-state index contributed by atoms with van der Waals surface area (Å²) < 4.78 is 58.4. The molecule has 1 N–H and O–H groups in total. The van der Waals surface area contributed by atoms with Gasteiger partial charge < -0.3 is 4.74 Å². The summed E-state index contributed by atoms with van der Waals surface area (Å²) in [6.45, 7) is 4.17. The van der Waals surface area contributed by atoms with E-state index >= 15 is 0 Å². The molecule has 0 atom stereocenters. The first kappa shape index (κ1) is 18.5.